The van der Waals surface area contributed by atoms with Crippen LogP contribution in [0.15, 0.2) is 5.16 Å². The number of nitrogens with zero attached hydrogens (tertiary/aromatic N) is 2. The van der Waals surface area contributed by atoms with Crippen LogP contribution in [0.5, 0.6) is 0 Å². The van der Waals surface area contributed by atoms with Gasteiger partial charge in [-0.25, -0.2) is 0 Å². The van der Waals surface area contributed by atoms with Gasteiger partial charge in [-0.3, -0.25) is 4.39 Å². The van der Waals surface area contributed by atoms with E-state index in [9.17, 15) is 4.39 Å². The third-order valence-corrected chi connectivity index (χ3v) is 1.88. The van der Waals surface area contributed by atoms with E-state index in [4.69, 9.17) is 10.9 Å². The van der Waals surface area contributed by atoms with Crippen LogP contribution < -0.4 is 5.73 Å². The third kappa shape index (κ3) is 5.41. The van der Waals surface area contributed by atoms with E-state index < -0.39 is 0 Å². The van der Waals surface area contributed by atoms with E-state index in [1.165, 1.54) is 0 Å². The highest BCUT2D eigenvalue weighted by Crippen LogP contribution is 1.99. The monoisotopic (exact) mass is 191 g/mol. The molecule has 13 heavy (non-hydrogen) atoms. The van der Waals surface area contributed by atoms with Crippen molar-refractivity contribution < 1.29 is 9.60 Å². The predicted octanol–water partition coefficient (Wildman–Crippen LogP) is 0.660. The molecule has 0 aliphatic rings. The molecular weight excluding hydrogens is 173 g/mol. The highest BCUT2D eigenvalue weighted by Gasteiger charge is 2.10. The van der Waals surface area contributed by atoms with Gasteiger partial charge in [-0.05, 0) is 13.5 Å². The SMILES string of the molecule is CC(CN(C)CCCF)C(N)=NO. The summed E-state index contributed by atoms with van der Waals surface area (Å²) in [6.07, 6.45) is 0.527. The van der Waals surface area contributed by atoms with Gasteiger partial charge in [0, 0.05) is 19.0 Å². The van der Waals surface area contributed by atoms with Gasteiger partial charge in [-0.15, -0.1) is 0 Å². The van der Waals surface area contributed by atoms with E-state index >= 15 is 0 Å². The highest BCUT2D eigenvalue weighted by molar-refractivity contribution is 5.82. The van der Waals surface area contributed by atoms with Gasteiger partial charge in [-0.1, -0.05) is 12.1 Å². The summed E-state index contributed by atoms with van der Waals surface area (Å²) in [5, 5.41) is 11.3. The highest BCUT2D eigenvalue weighted by atomic mass is 19.1. The van der Waals surface area contributed by atoms with Gasteiger partial charge >= 0.3 is 0 Å². The van der Waals surface area contributed by atoms with Gasteiger partial charge in [0.05, 0.1) is 6.67 Å². The van der Waals surface area contributed by atoms with Crippen molar-refractivity contribution in [1.82, 2.24) is 4.90 Å². The molecule has 0 heterocycles. The average Bonchev–Trinajstić information content (AvgIpc) is 2.13. The van der Waals surface area contributed by atoms with Crippen molar-refractivity contribution in [1.29, 1.82) is 0 Å². The maximum atomic E-state index is 11.8. The second-order valence-electron chi connectivity index (χ2n) is 3.23. The van der Waals surface area contributed by atoms with Crippen molar-refractivity contribution in [3.8, 4) is 0 Å². The van der Waals surface area contributed by atoms with E-state index in [-0.39, 0.29) is 18.4 Å². The van der Waals surface area contributed by atoms with Crippen LogP contribution >= 0.6 is 0 Å². The first-order chi connectivity index (χ1) is 6.11. The molecular formula is C8H18FN3O. The zero-order valence-electron chi connectivity index (χ0n) is 8.20. The largest absolute Gasteiger partial charge is 0.409 e. The lowest BCUT2D eigenvalue weighted by Crippen LogP contribution is -2.33. The number of rotatable bonds is 6. The molecule has 0 aliphatic heterocycles. The molecule has 0 amide bonds. The second-order valence-corrected chi connectivity index (χ2v) is 3.23. The van der Waals surface area contributed by atoms with Crippen LogP contribution in [0.3, 0.4) is 0 Å². The summed E-state index contributed by atoms with van der Waals surface area (Å²) in [5.74, 6) is 0.210. The van der Waals surface area contributed by atoms with Crippen molar-refractivity contribution in [2.75, 3.05) is 26.8 Å². The van der Waals surface area contributed by atoms with Gasteiger partial charge in [-0.2, -0.15) is 0 Å². The van der Waals surface area contributed by atoms with E-state index in [0.29, 0.717) is 19.5 Å². The first kappa shape index (κ1) is 12.2. The summed E-state index contributed by atoms with van der Waals surface area (Å²) in [7, 11) is 1.89. The van der Waals surface area contributed by atoms with Gasteiger partial charge in [0.15, 0.2) is 0 Å². The minimum atomic E-state index is -0.303. The molecule has 0 spiro atoms. The number of halogens is 1. The Balaban J connectivity index is 3.71. The minimum absolute atomic E-state index is 0.00499. The summed E-state index contributed by atoms with van der Waals surface area (Å²) in [4.78, 5) is 1.96. The van der Waals surface area contributed by atoms with Crippen molar-refractivity contribution in [2.24, 2.45) is 16.8 Å². The first-order valence-corrected chi connectivity index (χ1v) is 4.33. The van der Waals surface area contributed by atoms with E-state index in [0.717, 1.165) is 0 Å². The number of hydrogen-bond acceptors (Lipinski definition) is 3. The average molecular weight is 191 g/mol. The standard InChI is InChI=1S/C8H18FN3O/c1-7(8(10)11-13)6-12(2)5-3-4-9/h7,13H,3-6H2,1-2H3,(H2,10,11). The van der Waals surface area contributed by atoms with E-state index in [1.54, 1.807) is 0 Å². The molecule has 5 heteroatoms. The van der Waals surface area contributed by atoms with Crippen LogP contribution in [0.2, 0.25) is 0 Å². The Morgan fingerprint density at radius 2 is 2.31 bits per heavy atom. The lowest BCUT2D eigenvalue weighted by Gasteiger charge is -2.19. The van der Waals surface area contributed by atoms with Crippen LogP contribution in [0.25, 0.3) is 0 Å². The van der Waals surface area contributed by atoms with Crippen molar-refractivity contribution in [2.45, 2.75) is 13.3 Å². The molecule has 3 N–H and O–H groups in total. The molecule has 1 unspecified atom stereocenters. The summed E-state index contributed by atoms with van der Waals surface area (Å²) in [6, 6.07) is 0. The quantitative estimate of drug-likeness (QED) is 0.280. The minimum Gasteiger partial charge on any atom is -0.409 e. The third-order valence-electron chi connectivity index (χ3n) is 1.88. The van der Waals surface area contributed by atoms with Crippen molar-refractivity contribution in [3.05, 3.63) is 0 Å². The molecule has 0 aromatic carbocycles. The van der Waals surface area contributed by atoms with E-state index in [2.05, 4.69) is 5.16 Å². The summed E-state index contributed by atoms with van der Waals surface area (Å²) < 4.78 is 11.8. The zero-order chi connectivity index (χ0) is 10.3. The maximum absolute atomic E-state index is 11.8. The molecule has 0 radical (unpaired) electrons. The number of hydrogen-bond donors (Lipinski definition) is 2. The smallest absolute Gasteiger partial charge is 0.143 e. The maximum Gasteiger partial charge on any atom is 0.143 e. The summed E-state index contributed by atoms with van der Waals surface area (Å²) in [6.45, 7) is 2.93. The molecule has 4 nitrogen and oxygen atoms in total. The molecule has 78 valence electrons. The molecule has 0 fully saturated rings. The lowest BCUT2D eigenvalue weighted by molar-refractivity contribution is 0.283. The zero-order valence-corrected chi connectivity index (χ0v) is 8.20. The van der Waals surface area contributed by atoms with Gasteiger partial charge in [0.2, 0.25) is 0 Å². The Labute approximate surface area is 78.2 Å². The van der Waals surface area contributed by atoms with Crippen LogP contribution in [0.1, 0.15) is 13.3 Å². The fourth-order valence-electron chi connectivity index (χ4n) is 1.08. The molecule has 1 atom stereocenters. The van der Waals surface area contributed by atoms with Crippen molar-refractivity contribution >= 4 is 5.84 Å². The number of oxime groups is 1. The van der Waals surface area contributed by atoms with Crippen LogP contribution in [0, 0.1) is 5.92 Å². The Morgan fingerprint density at radius 1 is 1.69 bits per heavy atom. The Hall–Kier alpha value is -0.840. The predicted molar refractivity (Wildman–Crippen MR) is 50.7 cm³/mol. The van der Waals surface area contributed by atoms with E-state index in [1.807, 2.05) is 18.9 Å². The summed E-state index contributed by atoms with van der Waals surface area (Å²) >= 11 is 0. The molecule has 0 aromatic heterocycles. The lowest BCUT2D eigenvalue weighted by atomic mass is 10.1. The fourth-order valence-corrected chi connectivity index (χ4v) is 1.08. The van der Waals surface area contributed by atoms with Crippen LogP contribution in [0.4, 0.5) is 4.39 Å². The number of alkyl halides is 1. The summed E-state index contributed by atoms with van der Waals surface area (Å²) in [5.41, 5.74) is 5.39. The Bertz CT molecular complexity index is 163. The number of amidine groups is 1. The normalized spacial score (nSPS) is 14.9. The Morgan fingerprint density at radius 3 is 2.77 bits per heavy atom. The first-order valence-electron chi connectivity index (χ1n) is 4.33. The molecule has 0 bridgehead atoms. The van der Waals surface area contributed by atoms with Crippen molar-refractivity contribution in [3.63, 3.8) is 0 Å². The topological polar surface area (TPSA) is 61.8 Å². The van der Waals surface area contributed by atoms with Gasteiger partial charge < -0.3 is 15.8 Å². The number of nitrogens with two attached hydrogens (primary N) is 1. The van der Waals surface area contributed by atoms with Gasteiger partial charge in [0.25, 0.3) is 0 Å². The molecule has 0 rings (SSSR count). The molecule has 0 aliphatic carbocycles. The van der Waals surface area contributed by atoms with Gasteiger partial charge in [0.1, 0.15) is 5.84 Å². The molecule has 0 saturated heterocycles. The fraction of sp³-hybridized carbons (Fsp3) is 0.875. The second kappa shape index (κ2) is 6.65. The van der Waals surface area contributed by atoms with Crippen LogP contribution in [-0.2, 0) is 0 Å². The Kier molecular flexibility index (Phi) is 6.22. The van der Waals surface area contributed by atoms with Crippen LogP contribution in [-0.4, -0.2) is 42.8 Å². The molecule has 0 aromatic rings. The molecule has 0 saturated carbocycles.